The monoisotopic (exact) mass is 364 g/mol. The Kier molecular flexibility index (Phi) is 5.01. The summed E-state index contributed by atoms with van der Waals surface area (Å²) < 4.78 is 0. The third kappa shape index (κ3) is 4.07. The van der Waals surface area contributed by atoms with Gasteiger partial charge in [0.05, 0.1) is 0 Å². The van der Waals surface area contributed by atoms with Crippen molar-refractivity contribution in [2.45, 2.75) is 26.7 Å². The molecule has 142 valence electrons. The molecule has 2 aliphatic rings. The SMILES string of the molecule is Cc1ccc(N(CC2CC2)C(=O)N2CCN(c3ncccc3C)CC2)cc1. The fourth-order valence-electron chi connectivity index (χ4n) is 3.67. The highest BCUT2D eigenvalue weighted by Crippen LogP contribution is 2.32. The molecule has 0 atom stereocenters. The van der Waals surface area contributed by atoms with Crippen LogP contribution in [0.25, 0.3) is 0 Å². The molecule has 1 aliphatic carbocycles. The molecule has 0 bridgehead atoms. The molecule has 5 nitrogen and oxygen atoms in total. The molecule has 2 aromatic rings. The summed E-state index contributed by atoms with van der Waals surface area (Å²) in [5.74, 6) is 1.70. The molecule has 0 spiro atoms. The van der Waals surface area contributed by atoms with E-state index in [0.717, 1.165) is 44.2 Å². The van der Waals surface area contributed by atoms with Gasteiger partial charge in [-0.3, -0.25) is 4.90 Å². The zero-order valence-electron chi connectivity index (χ0n) is 16.3. The predicted octanol–water partition coefficient (Wildman–Crippen LogP) is 3.86. The van der Waals surface area contributed by atoms with E-state index in [9.17, 15) is 4.79 Å². The van der Waals surface area contributed by atoms with Crippen LogP contribution in [0.1, 0.15) is 24.0 Å². The minimum Gasteiger partial charge on any atom is -0.353 e. The number of benzene rings is 1. The van der Waals surface area contributed by atoms with Gasteiger partial charge in [0.25, 0.3) is 0 Å². The highest BCUT2D eigenvalue weighted by Gasteiger charge is 2.31. The molecule has 1 saturated carbocycles. The van der Waals surface area contributed by atoms with Crippen molar-refractivity contribution in [3.8, 4) is 0 Å². The first-order chi connectivity index (χ1) is 13.1. The number of nitrogens with zero attached hydrogens (tertiary/aromatic N) is 4. The Balaban J connectivity index is 1.44. The van der Waals surface area contributed by atoms with Crippen LogP contribution in [-0.2, 0) is 0 Å². The Morgan fingerprint density at radius 2 is 1.78 bits per heavy atom. The van der Waals surface area contributed by atoms with E-state index in [1.807, 2.05) is 22.1 Å². The van der Waals surface area contributed by atoms with Crippen LogP contribution < -0.4 is 9.80 Å². The second-order valence-corrected chi connectivity index (χ2v) is 7.79. The van der Waals surface area contributed by atoms with Gasteiger partial charge in [0.15, 0.2) is 0 Å². The lowest BCUT2D eigenvalue weighted by molar-refractivity contribution is 0.200. The maximum absolute atomic E-state index is 13.3. The lowest BCUT2D eigenvalue weighted by Gasteiger charge is -2.38. The highest BCUT2D eigenvalue weighted by atomic mass is 16.2. The van der Waals surface area contributed by atoms with Crippen molar-refractivity contribution in [1.82, 2.24) is 9.88 Å². The van der Waals surface area contributed by atoms with Crippen LogP contribution in [0.2, 0.25) is 0 Å². The number of urea groups is 1. The van der Waals surface area contributed by atoms with Gasteiger partial charge < -0.3 is 9.80 Å². The van der Waals surface area contributed by atoms with E-state index in [-0.39, 0.29) is 6.03 Å². The van der Waals surface area contributed by atoms with Gasteiger partial charge in [0, 0.05) is 44.6 Å². The lowest BCUT2D eigenvalue weighted by atomic mass is 10.2. The zero-order chi connectivity index (χ0) is 18.8. The number of piperazine rings is 1. The largest absolute Gasteiger partial charge is 0.353 e. The molecule has 5 heteroatoms. The van der Waals surface area contributed by atoms with E-state index in [2.05, 4.69) is 54.1 Å². The third-order valence-electron chi connectivity index (χ3n) is 5.55. The molecular weight excluding hydrogens is 336 g/mol. The number of hydrogen-bond donors (Lipinski definition) is 0. The van der Waals surface area contributed by atoms with E-state index in [1.54, 1.807) is 0 Å². The molecular formula is C22H28N4O. The Hall–Kier alpha value is -2.56. The van der Waals surface area contributed by atoms with Crippen molar-refractivity contribution in [3.63, 3.8) is 0 Å². The Labute approximate surface area is 161 Å². The van der Waals surface area contributed by atoms with Crippen molar-refractivity contribution in [2.75, 3.05) is 42.5 Å². The van der Waals surface area contributed by atoms with Crippen LogP contribution in [0.3, 0.4) is 0 Å². The molecule has 0 N–H and O–H groups in total. The molecule has 4 rings (SSSR count). The quantitative estimate of drug-likeness (QED) is 0.827. The van der Waals surface area contributed by atoms with Crippen LogP contribution in [0.5, 0.6) is 0 Å². The van der Waals surface area contributed by atoms with Gasteiger partial charge in [0.2, 0.25) is 0 Å². The normalized spacial score (nSPS) is 17.1. The molecule has 2 amide bonds. The minimum absolute atomic E-state index is 0.142. The Bertz CT molecular complexity index is 792. The van der Waals surface area contributed by atoms with E-state index in [1.165, 1.54) is 24.0 Å². The van der Waals surface area contributed by atoms with Crippen LogP contribution in [-0.4, -0.2) is 48.6 Å². The molecule has 2 fully saturated rings. The number of amides is 2. The summed E-state index contributed by atoms with van der Waals surface area (Å²) in [6.45, 7) is 8.14. The van der Waals surface area contributed by atoms with Crippen LogP contribution >= 0.6 is 0 Å². The summed E-state index contributed by atoms with van der Waals surface area (Å²) in [5, 5.41) is 0. The number of carbonyl (C=O) groups excluding carboxylic acids is 1. The average molecular weight is 364 g/mol. The van der Waals surface area contributed by atoms with Crippen molar-refractivity contribution in [3.05, 3.63) is 53.7 Å². The number of pyridine rings is 1. The first-order valence-corrected chi connectivity index (χ1v) is 9.91. The molecule has 1 saturated heterocycles. The lowest BCUT2D eigenvalue weighted by Crippen LogP contribution is -2.53. The Morgan fingerprint density at radius 3 is 2.41 bits per heavy atom. The van der Waals surface area contributed by atoms with Crippen molar-refractivity contribution in [1.29, 1.82) is 0 Å². The number of anilines is 2. The molecule has 0 radical (unpaired) electrons. The zero-order valence-corrected chi connectivity index (χ0v) is 16.3. The van der Waals surface area contributed by atoms with Gasteiger partial charge in [-0.1, -0.05) is 23.8 Å². The summed E-state index contributed by atoms with van der Waals surface area (Å²) in [5.41, 5.74) is 3.42. The maximum atomic E-state index is 13.3. The van der Waals surface area contributed by atoms with Crippen LogP contribution in [0, 0.1) is 19.8 Å². The molecule has 2 heterocycles. The minimum atomic E-state index is 0.142. The number of hydrogen-bond acceptors (Lipinski definition) is 3. The fourth-order valence-corrected chi connectivity index (χ4v) is 3.67. The van der Waals surface area contributed by atoms with Crippen molar-refractivity contribution in [2.24, 2.45) is 5.92 Å². The van der Waals surface area contributed by atoms with Crippen LogP contribution in [0.15, 0.2) is 42.6 Å². The topological polar surface area (TPSA) is 39.7 Å². The number of aromatic nitrogens is 1. The predicted molar refractivity (Wildman–Crippen MR) is 109 cm³/mol. The van der Waals surface area contributed by atoms with Crippen molar-refractivity contribution >= 4 is 17.5 Å². The highest BCUT2D eigenvalue weighted by molar-refractivity contribution is 5.92. The smallest absolute Gasteiger partial charge is 0.324 e. The van der Waals surface area contributed by atoms with E-state index in [0.29, 0.717) is 5.92 Å². The Morgan fingerprint density at radius 1 is 1.07 bits per heavy atom. The second kappa shape index (κ2) is 7.59. The summed E-state index contributed by atoms with van der Waals surface area (Å²) >= 11 is 0. The van der Waals surface area contributed by atoms with E-state index >= 15 is 0 Å². The third-order valence-corrected chi connectivity index (χ3v) is 5.55. The van der Waals surface area contributed by atoms with Crippen LogP contribution in [0.4, 0.5) is 16.3 Å². The first kappa shape index (κ1) is 17.8. The first-order valence-electron chi connectivity index (χ1n) is 9.91. The van der Waals surface area contributed by atoms with Gasteiger partial charge in [-0.2, -0.15) is 0 Å². The van der Waals surface area contributed by atoms with E-state index in [4.69, 9.17) is 0 Å². The summed E-state index contributed by atoms with van der Waals surface area (Å²) in [6, 6.07) is 12.5. The number of aryl methyl sites for hydroxylation is 2. The molecule has 1 aromatic carbocycles. The standard InChI is InChI=1S/C22H28N4O/c1-17-5-9-20(10-6-17)26(16-19-7-8-19)22(27)25-14-12-24(13-15-25)21-18(2)4-3-11-23-21/h3-6,9-11,19H,7-8,12-16H2,1-2H3. The second-order valence-electron chi connectivity index (χ2n) is 7.79. The number of rotatable bonds is 4. The summed E-state index contributed by atoms with van der Waals surface area (Å²) in [7, 11) is 0. The number of carbonyl (C=O) groups is 1. The summed E-state index contributed by atoms with van der Waals surface area (Å²) in [6.07, 6.45) is 4.32. The fraction of sp³-hybridized carbons (Fsp3) is 0.455. The van der Waals surface area contributed by atoms with Gasteiger partial charge >= 0.3 is 6.03 Å². The molecule has 1 aliphatic heterocycles. The van der Waals surface area contributed by atoms with Gasteiger partial charge in [-0.05, 0) is 56.4 Å². The summed E-state index contributed by atoms with van der Waals surface area (Å²) in [4.78, 5) is 24.1. The average Bonchev–Trinajstić information content (AvgIpc) is 3.51. The molecule has 27 heavy (non-hydrogen) atoms. The molecule has 0 unspecified atom stereocenters. The van der Waals surface area contributed by atoms with Crippen molar-refractivity contribution < 1.29 is 4.79 Å². The van der Waals surface area contributed by atoms with Gasteiger partial charge in [0.1, 0.15) is 5.82 Å². The van der Waals surface area contributed by atoms with Gasteiger partial charge in [-0.25, -0.2) is 9.78 Å². The van der Waals surface area contributed by atoms with E-state index < -0.39 is 0 Å². The molecule has 1 aromatic heterocycles. The maximum Gasteiger partial charge on any atom is 0.324 e. The van der Waals surface area contributed by atoms with Gasteiger partial charge in [-0.15, -0.1) is 0 Å².